The highest BCUT2D eigenvalue weighted by atomic mass is 79.9. The molecule has 0 saturated carbocycles. The van der Waals surface area contributed by atoms with Crippen molar-refractivity contribution < 1.29 is 9.59 Å². The predicted molar refractivity (Wildman–Crippen MR) is 148 cm³/mol. The summed E-state index contributed by atoms with van der Waals surface area (Å²) in [7, 11) is 0. The van der Waals surface area contributed by atoms with Gasteiger partial charge in [-0.05, 0) is 55.7 Å². The fourth-order valence-corrected chi connectivity index (χ4v) is 4.92. The zero-order chi connectivity index (χ0) is 25.2. The van der Waals surface area contributed by atoms with Crippen LogP contribution in [0.3, 0.4) is 0 Å². The van der Waals surface area contributed by atoms with E-state index in [0.29, 0.717) is 13.0 Å². The summed E-state index contributed by atoms with van der Waals surface area (Å²) in [5.41, 5.74) is 3.18. The second-order valence-corrected chi connectivity index (χ2v) is 10.7. The Bertz CT molecular complexity index is 1110. The van der Waals surface area contributed by atoms with Crippen molar-refractivity contribution in [3.8, 4) is 0 Å². The highest BCUT2D eigenvalue weighted by molar-refractivity contribution is 9.10. The Morgan fingerprint density at radius 3 is 2.31 bits per heavy atom. The van der Waals surface area contributed by atoms with Gasteiger partial charge in [-0.15, -0.1) is 11.8 Å². The molecule has 3 aromatic rings. The number of halogens is 1. The molecular weight excluding hydrogens is 520 g/mol. The maximum atomic E-state index is 13.7. The van der Waals surface area contributed by atoms with Crippen molar-refractivity contribution in [1.29, 1.82) is 0 Å². The Kier molecular flexibility index (Phi) is 10.4. The topological polar surface area (TPSA) is 49.4 Å². The summed E-state index contributed by atoms with van der Waals surface area (Å²) in [6.07, 6.45) is 1.28. The molecule has 0 aliphatic rings. The molecule has 0 radical (unpaired) electrons. The van der Waals surface area contributed by atoms with E-state index < -0.39 is 6.04 Å². The van der Waals surface area contributed by atoms with Crippen molar-refractivity contribution in [2.45, 2.75) is 57.1 Å². The highest BCUT2D eigenvalue weighted by Crippen LogP contribution is 2.22. The van der Waals surface area contributed by atoms with Crippen molar-refractivity contribution in [3.05, 3.63) is 100 Å². The van der Waals surface area contributed by atoms with Gasteiger partial charge < -0.3 is 10.2 Å². The summed E-state index contributed by atoms with van der Waals surface area (Å²) in [5, 5.41) is 3.11. The molecular formula is C29H33BrN2O2S. The molecule has 0 aliphatic carbocycles. The average Bonchev–Trinajstić information content (AvgIpc) is 2.86. The first-order valence-electron chi connectivity index (χ1n) is 11.9. The smallest absolute Gasteiger partial charge is 0.243 e. The number of carbonyl (C=O) groups is 2. The van der Waals surface area contributed by atoms with Gasteiger partial charge >= 0.3 is 0 Å². The minimum atomic E-state index is -0.614. The van der Waals surface area contributed by atoms with E-state index in [0.717, 1.165) is 26.9 Å². The number of benzene rings is 3. The van der Waals surface area contributed by atoms with Gasteiger partial charge in [0.05, 0.1) is 5.75 Å². The summed E-state index contributed by atoms with van der Waals surface area (Å²) in [6, 6.07) is 25.4. The lowest BCUT2D eigenvalue weighted by molar-refractivity contribution is -0.139. The number of rotatable bonds is 11. The van der Waals surface area contributed by atoms with E-state index >= 15 is 0 Å². The molecule has 4 nitrogen and oxygen atoms in total. The number of nitrogens with zero attached hydrogens (tertiary/aromatic N) is 1. The molecule has 6 heteroatoms. The summed E-state index contributed by atoms with van der Waals surface area (Å²) >= 11 is 5.03. The molecule has 1 N–H and O–H groups in total. The van der Waals surface area contributed by atoms with E-state index in [1.807, 2.05) is 99.6 Å². The predicted octanol–water partition coefficient (Wildman–Crippen LogP) is 6.40. The SMILES string of the molecule is CCC(C)NC(=O)C(Cc1ccccc1)N(Cc1cccc(Br)c1)C(=O)CSc1ccc(C)cc1. The molecule has 0 aromatic heterocycles. The second-order valence-electron chi connectivity index (χ2n) is 8.78. The monoisotopic (exact) mass is 552 g/mol. The van der Waals surface area contributed by atoms with E-state index in [1.165, 1.54) is 17.3 Å². The maximum Gasteiger partial charge on any atom is 0.243 e. The standard InChI is InChI=1S/C29H33BrN2O2S/c1-4-22(3)31-29(34)27(18-23-9-6-5-7-10-23)32(19-24-11-8-12-25(30)17-24)28(33)20-35-26-15-13-21(2)14-16-26/h5-17,22,27H,4,18-20H2,1-3H3,(H,31,34). The Hall–Kier alpha value is -2.57. The Labute approximate surface area is 221 Å². The second kappa shape index (κ2) is 13.5. The van der Waals surface area contributed by atoms with E-state index in [2.05, 4.69) is 21.2 Å². The first-order valence-corrected chi connectivity index (χ1v) is 13.7. The summed E-state index contributed by atoms with van der Waals surface area (Å²) in [6.45, 7) is 6.44. The van der Waals surface area contributed by atoms with Crippen LogP contribution in [0.15, 0.2) is 88.2 Å². The van der Waals surface area contributed by atoms with Crippen molar-refractivity contribution in [1.82, 2.24) is 10.2 Å². The Morgan fingerprint density at radius 2 is 1.66 bits per heavy atom. The van der Waals surface area contributed by atoms with Gasteiger partial charge in [0.25, 0.3) is 0 Å². The van der Waals surface area contributed by atoms with Crippen molar-refractivity contribution in [2.75, 3.05) is 5.75 Å². The largest absolute Gasteiger partial charge is 0.352 e. The highest BCUT2D eigenvalue weighted by Gasteiger charge is 2.31. The summed E-state index contributed by atoms with van der Waals surface area (Å²) in [4.78, 5) is 30.0. The average molecular weight is 554 g/mol. The van der Waals surface area contributed by atoms with Crippen LogP contribution in [-0.4, -0.2) is 34.6 Å². The number of nitrogens with one attached hydrogen (secondary N) is 1. The van der Waals surface area contributed by atoms with Gasteiger partial charge in [-0.25, -0.2) is 0 Å². The van der Waals surface area contributed by atoms with Crippen molar-refractivity contribution >= 4 is 39.5 Å². The van der Waals surface area contributed by atoms with Crippen LogP contribution in [0.4, 0.5) is 0 Å². The van der Waals surface area contributed by atoms with Gasteiger partial charge in [-0.3, -0.25) is 9.59 Å². The number of hydrogen-bond acceptors (Lipinski definition) is 3. The normalized spacial score (nSPS) is 12.6. The van der Waals surface area contributed by atoms with Crippen LogP contribution in [-0.2, 0) is 22.6 Å². The third-order valence-electron chi connectivity index (χ3n) is 5.90. The lowest BCUT2D eigenvalue weighted by Crippen LogP contribution is -2.52. The lowest BCUT2D eigenvalue weighted by atomic mass is 10.0. The zero-order valence-corrected chi connectivity index (χ0v) is 22.9. The van der Waals surface area contributed by atoms with Crippen LogP contribution in [0.1, 0.15) is 37.0 Å². The Balaban J connectivity index is 1.90. The minimum absolute atomic E-state index is 0.0329. The van der Waals surface area contributed by atoms with Crippen LogP contribution in [0.2, 0.25) is 0 Å². The van der Waals surface area contributed by atoms with Crippen molar-refractivity contribution in [2.24, 2.45) is 0 Å². The van der Waals surface area contributed by atoms with Gasteiger partial charge in [0.15, 0.2) is 0 Å². The van der Waals surface area contributed by atoms with Gasteiger partial charge in [0.1, 0.15) is 6.04 Å². The van der Waals surface area contributed by atoms with E-state index in [4.69, 9.17) is 0 Å². The molecule has 2 unspecified atom stereocenters. The number of amides is 2. The number of carbonyl (C=O) groups excluding carboxylic acids is 2. The van der Waals surface area contributed by atoms with Crippen LogP contribution in [0.5, 0.6) is 0 Å². The van der Waals surface area contributed by atoms with Crippen LogP contribution in [0.25, 0.3) is 0 Å². The van der Waals surface area contributed by atoms with E-state index in [1.54, 1.807) is 4.90 Å². The first kappa shape index (κ1) is 27.0. The molecule has 3 aromatic carbocycles. The molecule has 0 saturated heterocycles. The van der Waals surface area contributed by atoms with Crippen LogP contribution < -0.4 is 5.32 Å². The Morgan fingerprint density at radius 1 is 0.971 bits per heavy atom. The third-order valence-corrected chi connectivity index (χ3v) is 7.39. The van der Waals surface area contributed by atoms with Gasteiger partial charge in [-0.2, -0.15) is 0 Å². The molecule has 0 spiro atoms. The summed E-state index contributed by atoms with van der Waals surface area (Å²) in [5.74, 6) is 0.0848. The third kappa shape index (κ3) is 8.55. The first-order chi connectivity index (χ1) is 16.9. The number of aryl methyl sites for hydroxylation is 1. The molecule has 3 rings (SSSR count). The number of hydrogen-bond donors (Lipinski definition) is 1. The molecule has 0 aliphatic heterocycles. The molecule has 2 atom stereocenters. The molecule has 184 valence electrons. The van der Waals surface area contributed by atoms with Crippen molar-refractivity contribution in [3.63, 3.8) is 0 Å². The molecule has 0 bridgehead atoms. The van der Waals surface area contributed by atoms with E-state index in [-0.39, 0.29) is 23.6 Å². The fourth-order valence-electron chi connectivity index (χ4n) is 3.69. The summed E-state index contributed by atoms with van der Waals surface area (Å²) < 4.78 is 0.945. The quantitative estimate of drug-likeness (QED) is 0.280. The van der Waals surface area contributed by atoms with Crippen LogP contribution >= 0.6 is 27.7 Å². The van der Waals surface area contributed by atoms with Gasteiger partial charge in [-0.1, -0.05) is 83.0 Å². The zero-order valence-electron chi connectivity index (χ0n) is 20.5. The molecule has 2 amide bonds. The van der Waals surface area contributed by atoms with E-state index in [9.17, 15) is 9.59 Å². The number of thioether (sulfide) groups is 1. The fraction of sp³-hybridized carbons (Fsp3) is 0.310. The van der Waals surface area contributed by atoms with Gasteiger partial charge in [0.2, 0.25) is 11.8 Å². The maximum absolute atomic E-state index is 13.7. The molecule has 0 heterocycles. The van der Waals surface area contributed by atoms with Crippen LogP contribution in [0, 0.1) is 6.92 Å². The van der Waals surface area contributed by atoms with Gasteiger partial charge in [0, 0.05) is 28.4 Å². The molecule has 0 fully saturated rings. The molecule has 35 heavy (non-hydrogen) atoms. The minimum Gasteiger partial charge on any atom is -0.352 e. The lowest BCUT2D eigenvalue weighted by Gasteiger charge is -2.32.